The number of halogens is 3. The van der Waals surface area contributed by atoms with Gasteiger partial charge in [0.25, 0.3) is 6.47 Å². The molecule has 3 radical (unpaired) electrons. The van der Waals surface area contributed by atoms with Gasteiger partial charge in [-0.25, -0.2) is 27.0 Å². The summed E-state index contributed by atoms with van der Waals surface area (Å²) in [5.41, 5.74) is 8.82. The predicted octanol–water partition coefficient (Wildman–Crippen LogP) is 19.1. The van der Waals surface area contributed by atoms with E-state index in [1.807, 2.05) is 68.0 Å². The Morgan fingerprint density at radius 1 is 0.573 bits per heavy atom. The average Bonchev–Trinajstić information content (AvgIpc) is 1.59. The molecule has 4 unspecified atom stereocenters. The van der Waals surface area contributed by atoms with Crippen molar-refractivity contribution in [3.05, 3.63) is 93.4 Å². The van der Waals surface area contributed by atoms with Gasteiger partial charge >= 0.3 is 175 Å². The van der Waals surface area contributed by atoms with Gasteiger partial charge in [0.05, 0.1) is 67.6 Å². The second-order valence-corrected chi connectivity index (χ2v) is 47.4. The molecule has 2 N–H and O–H groups in total. The van der Waals surface area contributed by atoms with E-state index in [-0.39, 0.29) is 111 Å². The zero-order chi connectivity index (χ0) is 88.6. The standard InChI is InChI=1S/C40H48N2S4.C36H46I2N2S4.C5H10Si.CH7BIO.CH2O3.CH3O.BH.2K.Y.4H/c1-9-31-35-38(46-39(41-35)33-23-21-29(43-33)19-17-27(7)15-11-13-25(3)4)32(10-2)36-37(31)45-40(42-36)34-24-22-30(44-34)20-18-28(8)16-12-14-26(5)6;1-21(2)9-7-11-23(5)13-15-25-17-19-27(41-25)35-39-31-29(37)34-32(30(38)33(31)43-35)40-36(44-34)28-20-18-26(42-28)16-14-24(6)12-8-10-22(3)4;1-5-6(2,3)4;2-3-1-4;2-1-4-3;1-2;;;;;;;;/h1-2,21-28H,11-20H2,3-8H3;17-24H,7-16H2,1-6H3;1H,2-4H3;2,4H,1H2,3H3;1,3H;2H,1H2;1H;;;;;;;/q;;;;;-1;;2*+1;;;;;-1/p-1/i;;;2T,3D3,4T;;2T;1T;;;;3*1+1;. The number of aliphatic hydroxyl groups is 2. The number of fused-ring (bicyclic) bond motifs is 4. The molecule has 0 aliphatic rings. The molecule has 0 saturated carbocycles. The molecule has 8 aromatic heterocycles. The third kappa shape index (κ3) is 37.2. The van der Waals surface area contributed by atoms with E-state index in [4.69, 9.17) is 56.9 Å². The Kier molecular flexibility index (Phi) is 49.3. The Bertz CT molecular complexity index is 4360. The van der Waals surface area contributed by atoms with Crippen molar-refractivity contribution in [2.45, 2.75) is 231 Å². The van der Waals surface area contributed by atoms with Crippen LogP contribution in [0.4, 0.5) is 0 Å². The first-order valence-electron chi connectivity index (χ1n) is 42.0. The molecule has 26 heteroatoms. The van der Waals surface area contributed by atoms with Crippen molar-refractivity contribution in [3.63, 3.8) is 0 Å². The number of rotatable bonds is 36. The van der Waals surface area contributed by atoms with Gasteiger partial charge in [0.15, 0.2) is 1.43 Å². The smallest absolute Gasteiger partial charge is 1.00 e. The SMILES string of the molecule is C#C[Si](C)(C)C.C#Cc1c2nc(-c3ccc(CCC(C)CCCC(C)C)s3)sc2c(C#C)c2nc(-c3ccc(CCC(C)CCCC(C)C)s3)sc12.CC(C)CCCC(C)CCc1ccc(-c2nc3c(I)c4sc(-c5ccc(CCC(C)CCCC(C)C)s5)nc4c(I)c3s2)s1.O=CO[O-].[2H]I([2H])([2H])([B][3H])CO[3H].[2H][Y]([2H])[2H].[3H]O[CH2-].[3H][B].[H-].[K+].[K+]. The molecule has 8 heterocycles. The van der Waals surface area contributed by atoms with Crippen LogP contribution in [0.3, 0.4) is 0 Å². The number of aryl methyl sites for hydroxylation is 4. The van der Waals surface area contributed by atoms with Crippen molar-refractivity contribution in [2.75, 3.05) is 4.61 Å². The summed E-state index contributed by atoms with van der Waals surface area (Å²) < 4.78 is 69.3. The summed E-state index contributed by atoms with van der Waals surface area (Å²) in [6, 6.07) is 18.2. The molecule has 0 bridgehead atoms. The minimum atomic E-state index is -4.81. The van der Waals surface area contributed by atoms with E-state index in [0.29, 0.717) is 5.67 Å². The van der Waals surface area contributed by atoms with Crippen molar-refractivity contribution in [1.29, 1.82) is 6.19 Å². The minimum absolute atomic E-state index is 0. The first kappa shape index (κ1) is 92.5. The number of alkyl halides is 1. The van der Waals surface area contributed by atoms with Gasteiger partial charge < -0.3 is 16.7 Å². The molecule has 0 fully saturated rings. The number of benzene rings is 2. The fraction of sp³-hybridized carbons (Fsp3) is 0.524. The molecule has 0 saturated heterocycles. The van der Waals surface area contributed by atoms with Crippen LogP contribution < -0.4 is 108 Å². The Morgan fingerprint density at radius 2 is 0.827 bits per heavy atom. The van der Waals surface area contributed by atoms with Crippen LogP contribution in [0.2, 0.25) is 19.6 Å². The summed E-state index contributed by atoms with van der Waals surface area (Å²) in [7, 11) is 5.30. The van der Waals surface area contributed by atoms with E-state index in [1.165, 1.54) is 171 Å². The predicted molar refractivity (Wildman–Crippen MR) is 516 cm³/mol. The van der Waals surface area contributed by atoms with Crippen molar-refractivity contribution in [3.8, 4) is 76.2 Å². The number of aromatic nitrogens is 4. The van der Waals surface area contributed by atoms with Gasteiger partial charge in [-0.3, -0.25) is 4.79 Å². The van der Waals surface area contributed by atoms with Gasteiger partial charge in [-0.2, -0.15) is 0 Å². The Morgan fingerprint density at radius 3 is 1.04 bits per heavy atom. The summed E-state index contributed by atoms with van der Waals surface area (Å²) in [5, 5.41) is 19.7. The van der Waals surface area contributed by atoms with Crippen molar-refractivity contribution >= 4 is 226 Å². The number of nitrogens with zero attached hydrogens (tertiary/aromatic N) is 4. The van der Waals surface area contributed by atoms with E-state index in [2.05, 4.69) is 244 Å². The third-order valence-electron chi connectivity index (χ3n) is 18.0. The summed E-state index contributed by atoms with van der Waals surface area (Å²) in [5.74, 6) is 12.3. The molecule has 2 aromatic carbocycles. The minimum Gasteiger partial charge on any atom is -1.00 e. The second-order valence-electron chi connectivity index (χ2n) is 30.2. The van der Waals surface area contributed by atoms with Gasteiger partial charge in [-0.05, 0) is 194 Å². The molecule has 591 valence electrons. The normalized spacial score (nSPS) is 13.6. The van der Waals surface area contributed by atoms with Crippen LogP contribution >= 0.6 is 156 Å². The zero-order valence-corrected chi connectivity index (χ0v) is 91.2. The van der Waals surface area contributed by atoms with E-state index in [0.717, 1.165) is 123 Å². The van der Waals surface area contributed by atoms with Crippen LogP contribution in [-0.4, -0.2) is 69.5 Å². The molecular weight excluding hydrogens is 2000 g/mol. The van der Waals surface area contributed by atoms with Crippen molar-refractivity contribution in [1.82, 2.24) is 19.9 Å². The molecule has 110 heavy (non-hydrogen) atoms. The fourth-order valence-corrected chi connectivity index (χ4v) is 22.6. The van der Waals surface area contributed by atoms with E-state index < -0.39 is 65.0 Å². The third-order valence-corrected chi connectivity index (χ3v) is 31.6. The quantitative estimate of drug-likeness (QED) is 0.00574. The topological polar surface area (TPSA) is 141 Å². The number of carbonyl (C=O) groups is 1. The first-order valence-corrected chi connectivity index (χ1v) is 52.1. The number of carbonyl (C=O) groups excluding carboxylic acids is 1. The second kappa shape index (κ2) is 58.7. The van der Waals surface area contributed by atoms with Crippen molar-refractivity contribution < 1.29 is 163 Å². The molecule has 10 aromatic rings. The van der Waals surface area contributed by atoms with Crippen LogP contribution in [0, 0.1) is 98.2 Å². The van der Waals surface area contributed by atoms with Crippen LogP contribution in [0.5, 0.6) is 0 Å². The van der Waals surface area contributed by atoms with Gasteiger partial charge in [0.2, 0.25) is 0 Å². The van der Waals surface area contributed by atoms with Crippen LogP contribution in [0.15, 0.2) is 48.5 Å². The summed E-state index contributed by atoms with van der Waals surface area (Å²) in [4.78, 5) is 42.7. The van der Waals surface area contributed by atoms with Gasteiger partial charge in [-0.1, -0.05) is 192 Å². The average molecular weight is 2130 g/mol. The number of thiazole rings is 4. The zero-order valence-electron chi connectivity index (χ0n) is 79.1. The molecule has 0 aliphatic heterocycles. The number of hydrogen-bond donors (Lipinski definition) is 2. The molecule has 10 rings (SSSR count). The monoisotopic (exact) mass is 2130 g/mol. The fourth-order valence-electron chi connectivity index (χ4n) is 11.8. The Hall–Kier alpha value is 1.74. The van der Waals surface area contributed by atoms with Gasteiger partial charge in [0, 0.05) is 27.9 Å². The molecule has 0 spiro atoms. The molecule has 4 atom stereocenters. The summed E-state index contributed by atoms with van der Waals surface area (Å²) in [6.45, 7) is 34.5. The Balaban J connectivity index is 0.00000178. The maximum absolute atomic E-state index is 8.64. The van der Waals surface area contributed by atoms with Crippen molar-refractivity contribution in [2.24, 2.45) is 47.3 Å². The first-order chi connectivity index (χ1) is 55.8. The summed E-state index contributed by atoms with van der Waals surface area (Å²) >= 11 is 11.9. The molecular formula is C84H120B2I3K2N4O5S8SiY-. The van der Waals surface area contributed by atoms with E-state index >= 15 is 0 Å². The maximum atomic E-state index is 8.64. The maximum Gasteiger partial charge on any atom is 1.00 e. The van der Waals surface area contributed by atoms with Gasteiger partial charge in [0.1, 0.15) is 39.1 Å². The largest absolute Gasteiger partial charge is 1.00 e. The van der Waals surface area contributed by atoms with Gasteiger partial charge in [-0.15, -0.1) is 116 Å². The van der Waals surface area contributed by atoms with E-state index in [9.17, 15) is 0 Å². The van der Waals surface area contributed by atoms with E-state index in [1.54, 1.807) is 22.7 Å². The Labute approximate surface area is 853 Å². The molecule has 0 aliphatic carbocycles. The molecule has 0 amide bonds. The number of aliphatic hydroxyl groups excluding tert-OH is 2. The van der Waals surface area contributed by atoms with Crippen LogP contribution in [-0.2, 0) is 67.3 Å². The number of terminal acetylenes is 3. The summed E-state index contributed by atoms with van der Waals surface area (Å²) in [6.07, 6.45) is 43.1. The number of thiophene rings is 4. The van der Waals surface area contributed by atoms with Crippen LogP contribution in [0.1, 0.15) is 219 Å². The molecule has 9 nitrogen and oxygen atoms in total. The van der Waals surface area contributed by atoms with Crippen LogP contribution in [0.25, 0.3) is 80.4 Å². The number of hydrogen-bond acceptors (Lipinski definition) is 17.